The Bertz CT molecular complexity index is 895. The summed E-state index contributed by atoms with van der Waals surface area (Å²) in [5, 5.41) is 10.9. The summed E-state index contributed by atoms with van der Waals surface area (Å²) >= 11 is 0. The first kappa shape index (κ1) is 19.6. The number of aromatic nitrogens is 1. The van der Waals surface area contributed by atoms with Crippen molar-refractivity contribution in [3.63, 3.8) is 0 Å². The van der Waals surface area contributed by atoms with Crippen molar-refractivity contribution >= 4 is 17.4 Å². The summed E-state index contributed by atoms with van der Waals surface area (Å²) in [6.45, 7) is 2.82. The molecule has 1 saturated heterocycles. The van der Waals surface area contributed by atoms with Gasteiger partial charge in [-0.2, -0.15) is 0 Å². The highest BCUT2D eigenvalue weighted by atomic mass is 16.5. The Kier molecular flexibility index (Phi) is 6.06. The van der Waals surface area contributed by atoms with Crippen molar-refractivity contribution in [1.29, 1.82) is 0 Å². The Morgan fingerprint density at radius 1 is 1.25 bits per heavy atom. The lowest BCUT2D eigenvalue weighted by Gasteiger charge is -2.24. The first-order chi connectivity index (χ1) is 13.6. The highest BCUT2D eigenvalue weighted by molar-refractivity contribution is 6.46. The van der Waals surface area contributed by atoms with Crippen LogP contribution in [0, 0.1) is 0 Å². The third-order valence-corrected chi connectivity index (χ3v) is 4.49. The van der Waals surface area contributed by atoms with Crippen LogP contribution in [0.3, 0.4) is 0 Å². The fourth-order valence-corrected chi connectivity index (χ4v) is 3.24. The SMILES string of the molecule is CCOc1cccc(C(O)=C2C(=O)C(=O)N(CCOC)[C@@H]2c2cccnc2)c1. The monoisotopic (exact) mass is 382 g/mol. The van der Waals surface area contributed by atoms with Crippen LogP contribution in [0.25, 0.3) is 5.76 Å². The molecule has 2 heterocycles. The molecule has 0 bridgehead atoms. The lowest BCUT2D eigenvalue weighted by Crippen LogP contribution is -2.32. The molecule has 0 radical (unpaired) electrons. The van der Waals surface area contributed by atoms with Gasteiger partial charge in [0.05, 0.1) is 24.8 Å². The van der Waals surface area contributed by atoms with Crippen LogP contribution in [0.2, 0.25) is 0 Å². The Morgan fingerprint density at radius 2 is 2.07 bits per heavy atom. The van der Waals surface area contributed by atoms with Crippen LogP contribution in [-0.4, -0.2) is 53.5 Å². The minimum Gasteiger partial charge on any atom is -0.507 e. The lowest BCUT2D eigenvalue weighted by molar-refractivity contribution is -0.140. The van der Waals surface area contributed by atoms with E-state index in [4.69, 9.17) is 9.47 Å². The molecule has 146 valence electrons. The quantitative estimate of drug-likeness (QED) is 0.450. The number of pyridine rings is 1. The zero-order valence-electron chi connectivity index (χ0n) is 15.8. The topological polar surface area (TPSA) is 89.0 Å². The van der Waals surface area contributed by atoms with Gasteiger partial charge in [0.25, 0.3) is 11.7 Å². The van der Waals surface area contributed by atoms with Gasteiger partial charge in [-0.15, -0.1) is 0 Å². The molecular weight excluding hydrogens is 360 g/mol. The fourth-order valence-electron chi connectivity index (χ4n) is 3.24. The van der Waals surface area contributed by atoms with Crippen LogP contribution in [0.5, 0.6) is 5.75 Å². The largest absolute Gasteiger partial charge is 0.507 e. The Hall–Kier alpha value is -3.19. The number of carbonyl (C=O) groups excluding carboxylic acids is 2. The van der Waals surface area contributed by atoms with E-state index in [-0.39, 0.29) is 24.5 Å². The molecule has 0 saturated carbocycles. The third-order valence-electron chi connectivity index (χ3n) is 4.49. The molecule has 1 aromatic heterocycles. The van der Waals surface area contributed by atoms with Crippen molar-refractivity contribution in [2.24, 2.45) is 0 Å². The summed E-state index contributed by atoms with van der Waals surface area (Å²) < 4.78 is 10.5. The standard InChI is InChI=1S/C21H22N2O5/c1-3-28-16-8-4-6-14(12-16)19(24)17-18(15-7-5-9-22-13-15)23(10-11-27-2)21(26)20(17)25/h4-9,12-13,18,24H,3,10-11H2,1-2H3/t18-/m1/s1. The minimum absolute atomic E-state index is 0.0303. The van der Waals surface area contributed by atoms with Crippen molar-refractivity contribution in [1.82, 2.24) is 9.88 Å². The van der Waals surface area contributed by atoms with Crippen molar-refractivity contribution in [3.8, 4) is 5.75 Å². The van der Waals surface area contributed by atoms with Gasteiger partial charge in [0, 0.05) is 31.6 Å². The van der Waals surface area contributed by atoms with Gasteiger partial charge in [-0.25, -0.2) is 0 Å². The number of carbonyl (C=O) groups is 2. The van der Waals surface area contributed by atoms with Gasteiger partial charge in [0.15, 0.2) is 0 Å². The van der Waals surface area contributed by atoms with E-state index in [2.05, 4.69) is 4.98 Å². The van der Waals surface area contributed by atoms with Gasteiger partial charge in [-0.1, -0.05) is 18.2 Å². The molecule has 7 nitrogen and oxygen atoms in total. The summed E-state index contributed by atoms with van der Waals surface area (Å²) in [6, 6.07) is 9.55. The molecule has 1 aromatic carbocycles. The summed E-state index contributed by atoms with van der Waals surface area (Å²) in [7, 11) is 1.52. The number of nitrogens with zero attached hydrogens (tertiary/aromatic N) is 2. The maximum Gasteiger partial charge on any atom is 0.295 e. The summed E-state index contributed by atoms with van der Waals surface area (Å²) in [6.07, 6.45) is 3.19. The highest BCUT2D eigenvalue weighted by Gasteiger charge is 2.45. The second kappa shape index (κ2) is 8.67. The highest BCUT2D eigenvalue weighted by Crippen LogP contribution is 2.39. The molecule has 1 atom stereocenters. The van der Waals surface area contributed by atoms with Crippen molar-refractivity contribution in [2.75, 3.05) is 26.9 Å². The zero-order chi connectivity index (χ0) is 20.1. The number of hydrogen-bond donors (Lipinski definition) is 1. The van der Waals surface area contributed by atoms with Gasteiger partial charge < -0.3 is 19.5 Å². The molecule has 1 N–H and O–H groups in total. The average Bonchev–Trinajstić information content (AvgIpc) is 2.97. The lowest BCUT2D eigenvalue weighted by atomic mass is 9.96. The van der Waals surface area contributed by atoms with Crippen molar-refractivity contribution in [2.45, 2.75) is 13.0 Å². The second-order valence-corrected chi connectivity index (χ2v) is 6.23. The molecule has 3 rings (SSSR count). The number of benzene rings is 1. The number of hydrogen-bond acceptors (Lipinski definition) is 6. The third kappa shape index (κ3) is 3.75. The molecular formula is C21H22N2O5. The molecule has 7 heteroatoms. The van der Waals surface area contributed by atoms with E-state index in [1.165, 1.54) is 12.0 Å². The molecule has 0 spiro atoms. The molecule has 1 aliphatic rings. The van der Waals surface area contributed by atoms with Crippen molar-refractivity contribution < 1.29 is 24.2 Å². The average molecular weight is 382 g/mol. The second-order valence-electron chi connectivity index (χ2n) is 6.23. The number of rotatable bonds is 7. The number of methoxy groups -OCH3 is 1. The molecule has 2 aromatic rings. The van der Waals surface area contributed by atoms with Crippen LogP contribution >= 0.6 is 0 Å². The number of Topliss-reactive ketones (excluding diaryl/α,β-unsaturated/α-hetero) is 1. The maximum absolute atomic E-state index is 12.8. The normalized spacial score (nSPS) is 18.5. The number of aliphatic hydroxyl groups is 1. The van der Waals surface area contributed by atoms with Crippen LogP contribution < -0.4 is 4.74 Å². The van der Waals surface area contributed by atoms with E-state index in [1.54, 1.807) is 48.8 Å². The van der Waals surface area contributed by atoms with E-state index < -0.39 is 17.7 Å². The van der Waals surface area contributed by atoms with Gasteiger partial charge in [0.1, 0.15) is 11.5 Å². The minimum atomic E-state index is -0.736. The summed E-state index contributed by atoms with van der Waals surface area (Å²) in [5.74, 6) is -1.08. The molecule has 0 unspecified atom stereocenters. The van der Waals surface area contributed by atoms with Gasteiger partial charge >= 0.3 is 0 Å². The van der Waals surface area contributed by atoms with E-state index in [0.717, 1.165) is 0 Å². The molecule has 1 aliphatic heterocycles. The van der Waals surface area contributed by atoms with Gasteiger partial charge in [-0.05, 0) is 30.7 Å². The number of likely N-dealkylation sites (tertiary alicyclic amines) is 1. The molecule has 1 fully saturated rings. The first-order valence-electron chi connectivity index (χ1n) is 8.99. The zero-order valence-corrected chi connectivity index (χ0v) is 15.8. The number of ether oxygens (including phenoxy) is 2. The molecule has 1 amide bonds. The van der Waals surface area contributed by atoms with Gasteiger partial charge in [-0.3, -0.25) is 14.6 Å². The van der Waals surface area contributed by atoms with Crippen LogP contribution in [0.15, 0.2) is 54.4 Å². The number of amides is 1. The predicted molar refractivity (Wildman–Crippen MR) is 103 cm³/mol. The molecule has 0 aliphatic carbocycles. The van der Waals surface area contributed by atoms with Crippen LogP contribution in [0.1, 0.15) is 24.1 Å². The van der Waals surface area contributed by atoms with Crippen LogP contribution in [0.4, 0.5) is 0 Å². The van der Waals surface area contributed by atoms with Gasteiger partial charge in [0.2, 0.25) is 0 Å². The predicted octanol–water partition coefficient (Wildman–Crippen LogP) is 2.55. The van der Waals surface area contributed by atoms with Crippen LogP contribution in [-0.2, 0) is 14.3 Å². The number of aliphatic hydroxyl groups excluding tert-OH is 1. The number of ketones is 1. The summed E-state index contributed by atoms with van der Waals surface area (Å²) in [4.78, 5) is 30.9. The van der Waals surface area contributed by atoms with E-state index in [9.17, 15) is 14.7 Å². The first-order valence-corrected chi connectivity index (χ1v) is 8.99. The smallest absolute Gasteiger partial charge is 0.295 e. The van der Waals surface area contributed by atoms with E-state index in [0.29, 0.717) is 23.5 Å². The molecule has 28 heavy (non-hydrogen) atoms. The fraction of sp³-hybridized carbons (Fsp3) is 0.286. The Balaban J connectivity index is 2.12. The Morgan fingerprint density at radius 3 is 2.75 bits per heavy atom. The van der Waals surface area contributed by atoms with E-state index in [1.807, 2.05) is 6.92 Å². The Labute approximate surface area is 163 Å². The summed E-state index contributed by atoms with van der Waals surface area (Å²) in [5.41, 5.74) is 1.08. The maximum atomic E-state index is 12.8. The van der Waals surface area contributed by atoms with E-state index >= 15 is 0 Å². The van der Waals surface area contributed by atoms with Crippen molar-refractivity contribution in [3.05, 3.63) is 65.5 Å².